The summed E-state index contributed by atoms with van der Waals surface area (Å²) in [6.45, 7) is 0. The Balaban J connectivity index is 1.04. The second kappa shape index (κ2) is 12.1. The molecular weight excluding hydrogens is 663 g/mol. The topological polar surface area (TPSA) is 65.0 Å². The van der Waals surface area contributed by atoms with Gasteiger partial charge in [0.15, 0.2) is 17.5 Å². The van der Waals surface area contributed by atoms with Crippen molar-refractivity contribution in [3.05, 3.63) is 176 Å². The van der Waals surface area contributed by atoms with Gasteiger partial charge in [-0.3, -0.25) is 0 Å². The number of para-hydroxylation sites is 2. The van der Waals surface area contributed by atoms with Crippen LogP contribution in [0.2, 0.25) is 0 Å². The predicted molar refractivity (Wildman–Crippen MR) is 219 cm³/mol. The van der Waals surface area contributed by atoms with Crippen LogP contribution in [-0.2, 0) is 0 Å². The molecule has 5 nitrogen and oxygen atoms in total. The van der Waals surface area contributed by atoms with E-state index in [9.17, 15) is 0 Å². The van der Waals surface area contributed by atoms with Crippen LogP contribution in [0.3, 0.4) is 0 Å². The Morgan fingerprint density at radius 1 is 0.278 bits per heavy atom. The van der Waals surface area contributed by atoms with Crippen molar-refractivity contribution in [3.8, 4) is 56.4 Å². The number of furan rings is 2. The Morgan fingerprint density at radius 2 is 0.796 bits per heavy atom. The SMILES string of the molecule is c1ccc(-c2nc(-c3ccc(-c4cc5c6cccc(-c7ccccc7)c6oc5c5ccccc45)cc3)nc(-c3ccc4c(c3)oc3ccccc34)n2)cc1. The second-order valence-corrected chi connectivity index (χ2v) is 13.6. The molecule has 0 aliphatic carbocycles. The molecule has 0 bridgehead atoms. The fourth-order valence-electron chi connectivity index (χ4n) is 7.72. The third-order valence-electron chi connectivity index (χ3n) is 10.3. The van der Waals surface area contributed by atoms with Crippen molar-refractivity contribution in [2.75, 3.05) is 0 Å². The number of nitrogens with zero attached hydrogens (tertiary/aromatic N) is 3. The first-order valence-electron chi connectivity index (χ1n) is 18.0. The molecule has 3 heterocycles. The number of hydrogen-bond donors (Lipinski definition) is 0. The fourth-order valence-corrected chi connectivity index (χ4v) is 7.72. The van der Waals surface area contributed by atoms with Gasteiger partial charge in [-0.2, -0.15) is 0 Å². The minimum Gasteiger partial charge on any atom is -0.456 e. The number of benzene rings is 8. The van der Waals surface area contributed by atoms with E-state index in [1.165, 1.54) is 0 Å². The van der Waals surface area contributed by atoms with E-state index >= 15 is 0 Å². The molecule has 11 aromatic rings. The Morgan fingerprint density at radius 3 is 1.56 bits per heavy atom. The number of aromatic nitrogens is 3. The number of rotatable bonds is 5. The van der Waals surface area contributed by atoms with Gasteiger partial charge in [0.2, 0.25) is 0 Å². The standard InChI is InChI=1S/C49H29N3O2/c1-3-12-30(13-4-1)35-19-11-20-40-42-29-41(36-16-7-8-18-39(36)46(42)54-45(35)40)31-22-24-33(25-23-31)48-50-47(32-14-5-2-6-15-32)51-49(52-48)34-26-27-38-37-17-9-10-21-43(37)53-44(38)28-34/h1-29H. The molecule has 252 valence electrons. The van der Waals surface area contributed by atoms with Crippen LogP contribution in [0.5, 0.6) is 0 Å². The Labute approximate surface area is 309 Å². The van der Waals surface area contributed by atoms with Gasteiger partial charge in [-0.25, -0.2) is 15.0 Å². The van der Waals surface area contributed by atoms with Gasteiger partial charge in [-0.1, -0.05) is 152 Å². The van der Waals surface area contributed by atoms with E-state index in [1.807, 2.05) is 60.7 Å². The summed E-state index contributed by atoms with van der Waals surface area (Å²) >= 11 is 0. The lowest BCUT2D eigenvalue weighted by atomic mass is 9.94. The van der Waals surface area contributed by atoms with Crippen molar-refractivity contribution in [2.24, 2.45) is 0 Å². The average Bonchev–Trinajstić information content (AvgIpc) is 3.82. The van der Waals surface area contributed by atoms with Gasteiger partial charge in [-0.15, -0.1) is 0 Å². The van der Waals surface area contributed by atoms with Crippen molar-refractivity contribution < 1.29 is 8.83 Å². The highest BCUT2D eigenvalue weighted by Crippen LogP contribution is 2.42. The van der Waals surface area contributed by atoms with Crippen LogP contribution in [0, 0.1) is 0 Å². The minimum atomic E-state index is 0.587. The van der Waals surface area contributed by atoms with Gasteiger partial charge in [0.25, 0.3) is 0 Å². The molecule has 0 amide bonds. The lowest BCUT2D eigenvalue weighted by Gasteiger charge is -2.11. The number of hydrogen-bond acceptors (Lipinski definition) is 5. The van der Waals surface area contributed by atoms with Crippen LogP contribution >= 0.6 is 0 Å². The molecule has 5 heteroatoms. The third-order valence-corrected chi connectivity index (χ3v) is 10.3. The van der Waals surface area contributed by atoms with Gasteiger partial charge < -0.3 is 8.83 Å². The molecule has 0 radical (unpaired) electrons. The van der Waals surface area contributed by atoms with Crippen molar-refractivity contribution in [1.29, 1.82) is 0 Å². The molecule has 0 N–H and O–H groups in total. The number of fused-ring (bicyclic) bond motifs is 8. The quantitative estimate of drug-likeness (QED) is 0.180. The molecule has 0 atom stereocenters. The van der Waals surface area contributed by atoms with Crippen molar-refractivity contribution >= 4 is 54.6 Å². The maximum atomic E-state index is 6.73. The van der Waals surface area contributed by atoms with Gasteiger partial charge in [0.1, 0.15) is 22.3 Å². The van der Waals surface area contributed by atoms with Crippen molar-refractivity contribution in [3.63, 3.8) is 0 Å². The molecule has 0 fully saturated rings. The predicted octanol–water partition coefficient (Wildman–Crippen LogP) is 13.2. The van der Waals surface area contributed by atoms with Gasteiger partial charge >= 0.3 is 0 Å². The van der Waals surface area contributed by atoms with Gasteiger partial charge in [0, 0.05) is 49.2 Å². The molecule has 11 rings (SSSR count). The highest BCUT2D eigenvalue weighted by Gasteiger charge is 2.19. The first kappa shape index (κ1) is 30.3. The zero-order chi connectivity index (χ0) is 35.6. The van der Waals surface area contributed by atoms with Crippen LogP contribution in [0.25, 0.3) is 111 Å². The lowest BCUT2D eigenvalue weighted by molar-refractivity contribution is 0.669. The molecule has 0 aliphatic rings. The summed E-state index contributed by atoms with van der Waals surface area (Å²) in [4.78, 5) is 15.0. The molecule has 0 saturated carbocycles. The van der Waals surface area contributed by atoms with E-state index in [0.29, 0.717) is 17.5 Å². The Kier molecular flexibility index (Phi) is 6.79. The van der Waals surface area contributed by atoms with Crippen molar-refractivity contribution in [1.82, 2.24) is 15.0 Å². The van der Waals surface area contributed by atoms with E-state index in [2.05, 4.69) is 115 Å². The molecule has 0 unspecified atom stereocenters. The van der Waals surface area contributed by atoms with Crippen molar-refractivity contribution in [2.45, 2.75) is 0 Å². The summed E-state index contributed by atoms with van der Waals surface area (Å²) in [5, 5.41) is 6.56. The molecule has 0 saturated heterocycles. The first-order valence-corrected chi connectivity index (χ1v) is 18.0. The van der Waals surface area contributed by atoms with E-state index in [0.717, 1.165) is 93.6 Å². The molecule has 54 heavy (non-hydrogen) atoms. The maximum Gasteiger partial charge on any atom is 0.164 e. The van der Waals surface area contributed by atoms with E-state index in [-0.39, 0.29) is 0 Å². The van der Waals surface area contributed by atoms with Crippen LogP contribution in [0.1, 0.15) is 0 Å². The minimum absolute atomic E-state index is 0.587. The Hall–Kier alpha value is -7.37. The first-order chi connectivity index (χ1) is 26.7. The molecule has 8 aromatic carbocycles. The van der Waals surface area contributed by atoms with Gasteiger partial charge in [0.05, 0.1) is 0 Å². The van der Waals surface area contributed by atoms with E-state index < -0.39 is 0 Å². The molecule has 3 aromatic heterocycles. The van der Waals surface area contributed by atoms with Crippen LogP contribution in [0.15, 0.2) is 185 Å². The zero-order valence-electron chi connectivity index (χ0n) is 28.9. The highest BCUT2D eigenvalue weighted by atomic mass is 16.3. The molecule has 0 spiro atoms. The summed E-state index contributed by atoms with van der Waals surface area (Å²) in [6, 6.07) is 60.4. The van der Waals surface area contributed by atoms with E-state index in [1.54, 1.807) is 0 Å². The molecule has 0 aliphatic heterocycles. The monoisotopic (exact) mass is 691 g/mol. The normalized spacial score (nSPS) is 11.7. The Bertz CT molecular complexity index is 3200. The summed E-state index contributed by atoms with van der Waals surface area (Å²) in [7, 11) is 0. The molecular formula is C49H29N3O2. The van der Waals surface area contributed by atoms with Crippen LogP contribution < -0.4 is 0 Å². The largest absolute Gasteiger partial charge is 0.456 e. The summed E-state index contributed by atoms with van der Waals surface area (Å²) < 4.78 is 12.9. The highest BCUT2D eigenvalue weighted by molar-refractivity contribution is 6.20. The van der Waals surface area contributed by atoms with Gasteiger partial charge in [-0.05, 0) is 46.3 Å². The zero-order valence-corrected chi connectivity index (χ0v) is 28.9. The van der Waals surface area contributed by atoms with E-state index in [4.69, 9.17) is 23.8 Å². The smallest absolute Gasteiger partial charge is 0.164 e. The second-order valence-electron chi connectivity index (χ2n) is 13.6. The third kappa shape index (κ3) is 4.90. The average molecular weight is 692 g/mol. The summed E-state index contributed by atoms with van der Waals surface area (Å²) in [6.07, 6.45) is 0. The maximum absolute atomic E-state index is 6.73. The van der Waals surface area contributed by atoms with Crippen LogP contribution in [0.4, 0.5) is 0 Å². The lowest BCUT2D eigenvalue weighted by Crippen LogP contribution is -2.00. The van der Waals surface area contributed by atoms with Crippen LogP contribution in [-0.4, -0.2) is 15.0 Å². The summed E-state index contributed by atoms with van der Waals surface area (Å²) in [5.74, 6) is 1.80. The fraction of sp³-hybridized carbons (Fsp3) is 0. The summed E-state index contributed by atoms with van der Waals surface area (Å²) in [5.41, 5.74) is 10.6.